The number of β-amino-alcohol motifs (C(OH)–C–C–N with tert-alkyl or cyclic N) is 1. The monoisotopic (exact) mass is 486 g/mol. The summed E-state index contributed by atoms with van der Waals surface area (Å²) in [6, 6.07) is 19.3. The van der Waals surface area contributed by atoms with Crippen molar-refractivity contribution in [3.63, 3.8) is 0 Å². The molecule has 0 spiro atoms. The molecule has 0 unspecified atom stereocenters. The summed E-state index contributed by atoms with van der Waals surface area (Å²) < 4.78 is 33.6. The number of nitrogens with zero attached hydrogens (tertiary/aromatic N) is 2. The van der Waals surface area contributed by atoms with Gasteiger partial charge >= 0.3 is 6.09 Å². The summed E-state index contributed by atoms with van der Waals surface area (Å²) in [4.78, 5) is 15.9. The number of likely N-dealkylation sites (tertiary alicyclic amines) is 1. The van der Waals surface area contributed by atoms with E-state index in [1.807, 2.05) is 41.3 Å². The molecule has 4 rings (SSSR count). The molecule has 0 aromatic heterocycles. The van der Waals surface area contributed by atoms with Crippen molar-refractivity contribution < 1.29 is 23.4 Å². The lowest BCUT2D eigenvalue weighted by molar-refractivity contribution is 0.0720. The highest BCUT2D eigenvalue weighted by Gasteiger charge is 2.38. The molecule has 0 aliphatic carbocycles. The van der Waals surface area contributed by atoms with Crippen LogP contribution in [0.5, 0.6) is 0 Å². The van der Waals surface area contributed by atoms with E-state index in [1.165, 1.54) is 4.90 Å². The lowest BCUT2D eigenvalue weighted by atomic mass is 10.1. The van der Waals surface area contributed by atoms with Gasteiger partial charge in [0.15, 0.2) is 0 Å². The van der Waals surface area contributed by atoms with Crippen molar-refractivity contribution >= 4 is 17.7 Å². The van der Waals surface area contributed by atoms with Gasteiger partial charge < -0.3 is 14.7 Å². The molecular formula is C26H25ClF2N2O3. The Morgan fingerprint density at radius 3 is 2.53 bits per heavy atom. The maximum atomic E-state index is 14.4. The summed E-state index contributed by atoms with van der Waals surface area (Å²) in [6.45, 7) is 0.760. The first-order valence-electron chi connectivity index (χ1n) is 10.9. The number of aliphatic hydroxyl groups excluding tert-OH is 1. The fraction of sp³-hybridized carbons (Fsp3) is 0.269. The van der Waals surface area contributed by atoms with Gasteiger partial charge in [0.05, 0.1) is 18.7 Å². The number of hydrogen-bond acceptors (Lipinski definition) is 4. The zero-order valence-corrected chi connectivity index (χ0v) is 19.2. The van der Waals surface area contributed by atoms with E-state index < -0.39 is 29.9 Å². The van der Waals surface area contributed by atoms with Gasteiger partial charge in [0, 0.05) is 30.2 Å². The normalized spacial score (nSPS) is 17.9. The lowest BCUT2D eigenvalue weighted by Crippen LogP contribution is -2.42. The van der Waals surface area contributed by atoms with Gasteiger partial charge in [-0.1, -0.05) is 54.1 Å². The fourth-order valence-electron chi connectivity index (χ4n) is 4.13. The van der Waals surface area contributed by atoms with Crippen LogP contribution in [-0.2, 0) is 24.4 Å². The van der Waals surface area contributed by atoms with Gasteiger partial charge in [-0.3, -0.25) is 4.90 Å². The zero-order valence-electron chi connectivity index (χ0n) is 18.4. The van der Waals surface area contributed by atoms with Crippen molar-refractivity contribution in [2.24, 2.45) is 0 Å². The number of hydrogen-bond donors (Lipinski definition) is 1. The van der Waals surface area contributed by atoms with Crippen molar-refractivity contribution in [2.45, 2.75) is 31.8 Å². The Kier molecular flexibility index (Phi) is 7.77. The van der Waals surface area contributed by atoms with E-state index in [9.17, 15) is 18.7 Å². The molecule has 1 fully saturated rings. The van der Waals surface area contributed by atoms with Crippen LogP contribution in [-0.4, -0.2) is 46.2 Å². The summed E-state index contributed by atoms with van der Waals surface area (Å²) in [7, 11) is 0. The van der Waals surface area contributed by atoms with Crippen LogP contribution in [0.4, 0.5) is 13.6 Å². The van der Waals surface area contributed by atoms with Gasteiger partial charge in [0.25, 0.3) is 0 Å². The minimum atomic E-state index is -0.889. The quantitative estimate of drug-likeness (QED) is 0.510. The average molecular weight is 487 g/mol. The summed E-state index contributed by atoms with van der Waals surface area (Å²) in [6.07, 6.45) is -1.43. The van der Waals surface area contributed by atoms with Gasteiger partial charge in [-0.25, -0.2) is 13.6 Å². The average Bonchev–Trinajstić information content (AvgIpc) is 3.22. The maximum absolute atomic E-state index is 14.4. The van der Waals surface area contributed by atoms with E-state index in [-0.39, 0.29) is 31.8 Å². The van der Waals surface area contributed by atoms with Crippen LogP contribution in [0.25, 0.3) is 0 Å². The van der Waals surface area contributed by atoms with Crippen LogP contribution in [0.1, 0.15) is 16.7 Å². The molecule has 0 bridgehead atoms. The number of carbonyl (C=O) groups excluding carboxylic acids is 1. The molecular weight excluding hydrogens is 462 g/mol. The molecule has 1 saturated heterocycles. The highest BCUT2D eigenvalue weighted by Crippen LogP contribution is 2.24. The SMILES string of the molecule is O=C(OCc1ccccc1)N1C[C@@H](O)[C@H](N(Cc2cccc(Cl)c2)Cc2cc(F)ccc2F)C1. The summed E-state index contributed by atoms with van der Waals surface area (Å²) in [5.41, 5.74) is 1.87. The van der Waals surface area contributed by atoms with Gasteiger partial charge in [-0.15, -0.1) is 0 Å². The minimum absolute atomic E-state index is 0.0464. The molecule has 178 valence electrons. The van der Waals surface area contributed by atoms with Gasteiger partial charge in [-0.2, -0.15) is 0 Å². The molecule has 2 atom stereocenters. The van der Waals surface area contributed by atoms with Gasteiger partial charge in [-0.05, 0) is 41.5 Å². The Labute approximate surface area is 202 Å². The number of benzene rings is 3. The number of rotatable bonds is 7. The third-order valence-electron chi connectivity index (χ3n) is 5.85. The van der Waals surface area contributed by atoms with E-state index in [4.69, 9.17) is 16.3 Å². The molecule has 5 nitrogen and oxygen atoms in total. The van der Waals surface area contributed by atoms with Crippen LogP contribution < -0.4 is 0 Å². The summed E-state index contributed by atoms with van der Waals surface area (Å²) in [5, 5.41) is 11.4. The second kappa shape index (κ2) is 11.0. The second-order valence-electron chi connectivity index (χ2n) is 8.35. The maximum Gasteiger partial charge on any atom is 0.410 e. The molecule has 0 radical (unpaired) electrons. The fourth-order valence-corrected chi connectivity index (χ4v) is 4.34. The van der Waals surface area contributed by atoms with Crippen molar-refractivity contribution in [3.05, 3.63) is 106 Å². The van der Waals surface area contributed by atoms with Gasteiger partial charge in [0.2, 0.25) is 0 Å². The Hall–Kier alpha value is -3.00. The Morgan fingerprint density at radius 2 is 1.76 bits per heavy atom. The highest BCUT2D eigenvalue weighted by atomic mass is 35.5. The van der Waals surface area contributed by atoms with E-state index in [0.29, 0.717) is 11.6 Å². The highest BCUT2D eigenvalue weighted by molar-refractivity contribution is 6.30. The van der Waals surface area contributed by atoms with E-state index in [0.717, 1.165) is 29.3 Å². The smallest absolute Gasteiger partial charge is 0.410 e. The number of carbonyl (C=O) groups is 1. The Balaban J connectivity index is 1.50. The lowest BCUT2D eigenvalue weighted by Gasteiger charge is -2.31. The first kappa shape index (κ1) is 24.1. The third kappa shape index (κ3) is 6.11. The Bertz CT molecular complexity index is 1130. The number of ether oxygens (including phenoxy) is 1. The van der Waals surface area contributed by atoms with Crippen LogP contribution in [0.3, 0.4) is 0 Å². The second-order valence-corrected chi connectivity index (χ2v) is 8.79. The molecule has 34 heavy (non-hydrogen) atoms. The summed E-state index contributed by atoms with van der Waals surface area (Å²) >= 11 is 6.13. The molecule has 3 aromatic rings. The molecule has 1 aliphatic heterocycles. The number of halogens is 3. The first-order valence-corrected chi connectivity index (χ1v) is 11.3. The first-order chi connectivity index (χ1) is 16.4. The Morgan fingerprint density at radius 1 is 1.00 bits per heavy atom. The van der Waals surface area contributed by atoms with Crippen LogP contribution in [0.15, 0.2) is 72.8 Å². The molecule has 3 aromatic carbocycles. The van der Waals surface area contributed by atoms with Crippen molar-refractivity contribution in [1.82, 2.24) is 9.80 Å². The third-order valence-corrected chi connectivity index (χ3v) is 6.08. The molecule has 1 N–H and O–H groups in total. The minimum Gasteiger partial charge on any atom is -0.445 e. The predicted molar refractivity (Wildman–Crippen MR) is 125 cm³/mol. The van der Waals surface area contributed by atoms with E-state index >= 15 is 0 Å². The molecule has 1 aliphatic rings. The standard InChI is InChI=1S/C26H25ClF2N2O3/c27-21-8-4-7-19(11-21)13-30(14-20-12-22(28)9-10-23(20)29)24-15-31(16-25(24)32)26(33)34-17-18-5-2-1-3-6-18/h1-12,24-25,32H,13-17H2/t24-,25-/m1/s1. The van der Waals surface area contributed by atoms with E-state index in [2.05, 4.69) is 0 Å². The van der Waals surface area contributed by atoms with Crippen molar-refractivity contribution in [3.8, 4) is 0 Å². The van der Waals surface area contributed by atoms with Crippen LogP contribution >= 0.6 is 11.6 Å². The topological polar surface area (TPSA) is 53.0 Å². The van der Waals surface area contributed by atoms with Crippen molar-refractivity contribution in [1.29, 1.82) is 0 Å². The van der Waals surface area contributed by atoms with E-state index in [1.54, 1.807) is 18.2 Å². The molecule has 0 saturated carbocycles. The zero-order chi connectivity index (χ0) is 24.1. The number of amides is 1. The predicted octanol–water partition coefficient (Wildman–Crippen LogP) is 5.00. The molecule has 1 amide bonds. The number of aliphatic hydroxyl groups is 1. The van der Waals surface area contributed by atoms with Gasteiger partial charge in [0.1, 0.15) is 18.2 Å². The van der Waals surface area contributed by atoms with Crippen LogP contribution in [0, 0.1) is 11.6 Å². The summed E-state index contributed by atoms with van der Waals surface area (Å²) in [5.74, 6) is -1.08. The molecule has 8 heteroatoms. The van der Waals surface area contributed by atoms with Crippen LogP contribution in [0.2, 0.25) is 5.02 Å². The van der Waals surface area contributed by atoms with Crippen molar-refractivity contribution in [2.75, 3.05) is 13.1 Å². The largest absolute Gasteiger partial charge is 0.445 e. The molecule has 1 heterocycles.